The molecule has 0 atom stereocenters. The SMILES string of the molecule is CN(C)S(=O)(=O)NCc1ccc(C#N)cc1. The van der Waals surface area contributed by atoms with Crippen LogP contribution in [0.2, 0.25) is 0 Å². The Morgan fingerprint density at radius 1 is 1.31 bits per heavy atom. The highest BCUT2D eigenvalue weighted by molar-refractivity contribution is 7.87. The molecule has 0 radical (unpaired) electrons. The summed E-state index contributed by atoms with van der Waals surface area (Å²) in [5.74, 6) is 0. The molecule has 0 saturated carbocycles. The first-order chi connectivity index (χ1) is 7.45. The van der Waals surface area contributed by atoms with Crippen molar-refractivity contribution in [3.63, 3.8) is 0 Å². The Bertz CT molecular complexity index is 486. The van der Waals surface area contributed by atoms with Crippen LogP contribution in [0.5, 0.6) is 0 Å². The van der Waals surface area contributed by atoms with E-state index in [1.807, 2.05) is 6.07 Å². The first kappa shape index (κ1) is 12.6. The van der Waals surface area contributed by atoms with Crippen LogP contribution >= 0.6 is 0 Å². The van der Waals surface area contributed by atoms with E-state index in [-0.39, 0.29) is 6.54 Å². The predicted molar refractivity (Wildman–Crippen MR) is 60.6 cm³/mol. The van der Waals surface area contributed by atoms with Gasteiger partial charge in [0.25, 0.3) is 10.2 Å². The number of nitrogens with zero attached hydrogens (tertiary/aromatic N) is 2. The zero-order valence-electron chi connectivity index (χ0n) is 9.14. The predicted octanol–water partition coefficient (Wildman–Crippen LogP) is 0.454. The number of hydrogen-bond acceptors (Lipinski definition) is 3. The largest absolute Gasteiger partial charge is 0.279 e. The van der Waals surface area contributed by atoms with Crippen LogP contribution in [0, 0.1) is 11.3 Å². The van der Waals surface area contributed by atoms with Crippen molar-refractivity contribution in [2.45, 2.75) is 6.54 Å². The second-order valence-electron chi connectivity index (χ2n) is 3.42. The summed E-state index contributed by atoms with van der Waals surface area (Å²) in [5.41, 5.74) is 1.36. The van der Waals surface area contributed by atoms with E-state index in [1.165, 1.54) is 14.1 Å². The molecule has 16 heavy (non-hydrogen) atoms. The molecule has 0 fully saturated rings. The lowest BCUT2D eigenvalue weighted by Crippen LogP contribution is -2.35. The standard InChI is InChI=1S/C10H13N3O2S/c1-13(2)16(14,15)12-8-10-5-3-9(7-11)4-6-10/h3-6,12H,8H2,1-2H3. The minimum Gasteiger partial charge on any atom is -0.198 e. The molecule has 0 heterocycles. The van der Waals surface area contributed by atoms with E-state index in [9.17, 15) is 8.42 Å². The van der Waals surface area contributed by atoms with Crippen molar-refractivity contribution in [1.29, 1.82) is 5.26 Å². The van der Waals surface area contributed by atoms with Gasteiger partial charge in [0.2, 0.25) is 0 Å². The van der Waals surface area contributed by atoms with Gasteiger partial charge < -0.3 is 0 Å². The van der Waals surface area contributed by atoms with Gasteiger partial charge in [-0.2, -0.15) is 22.7 Å². The normalized spacial score (nSPS) is 11.4. The molecule has 1 aromatic rings. The topological polar surface area (TPSA) is 73.2 Å². The van der Waals surface area contributed by atoms with Crippen molar-refractivity contribution in [2.75, 3.05) is 14.1 Å². The van der Waals surface area contributed by atoms with Gasteiger partial charge in [0.05, 0.1) is 11.6 Å². The average molecular weight is 239 g/mol. The molecule has 0 unspecified atom stereocenters. The van der Waals surface area contributed by atoms with Crippen LogP contribution in [0.3, 0.4) is 0 Å². The van der Waals surface area contributed by atoms with Gasteiger partial charge in [-0.25, -0.2) is 0 Å². The average Bonchev–Trinajstić information content (AvgIpc) is 2.27. The molecule has 6 heteroatoms. The van der Waals surface area contributed by atoms with Gasteiger partial charge in [0.1, 0.15) is 0 Å². The van der Waals surface area contributed by atoms with Crippen molar-refractivity contribution < 1.29 is 8.42 Å². The molecule has 0 saturated heterocycles. The van der Waals surface area contributed by atoms with Gasteiger partial charge in [-0.05, 0) is 17.7 Å². The molecule has 0 bridgehead atoms. The minimum atomic E-state index is -3.39. The Kier molecular flexibility index (Phi) is 4.01. The molecular formula is C10H13N3O2S. The summed E-state index contributed by atoms with van der Waals surface area (Å²) in [4.78, 5) is 0. The fraction of sp³-hybridized carbons (Fsp3) is 0.300. The van der Waals surface area contributed by atoms with Crippen LogP contribution in [0.25, 0.3) is 0 Å². The van der Waals surface area contributed by atoms with Crippen LogP contribution < -0.4 is 4.72 Å². The van der Waals surface area contributed by atoms with Crippen LogP contribution in [0.15, 0.2) is 24.3 Å². The number of benzene rings is 1. The second-order valence-corrected chi connectivity index (χ2v) is 5.39. The van der Waals surface area contributed by atoms with E-state index in [0.29, 0.717) is 5.56 Å². The number of nitriles is 1. The summed E-state index contributed by atoms with van der Waals surface area (Å²) >= 11 is 0. The fourth-order valence-corrected chi connectivity index (χ4v) is 1.61. The molecule has 0 spiro atoms. The quantitative estimate of drug-likeness (QED) is 0.829. The third-order valence-electron chi connectivity index (χ3n) is 2.02. The Balaban J connectivity index is 2.66. The maximum Gasteiger partial charge on any atom is 0.279 e. The van der Waals surface area contributed by atoms with Gasteiger partial charge in [-0.15, -0.1) is 0 Å². The fourth-order valence-electron chi connectivity index (χ4n) is 1.00. The number of nitrogens with one attached hydrogen (secondary N) is 1. The lowest BCUT2D eigenvalue weighted by atomic mass is 10.1. The smallest absolute Gasteiger partial charge is 0.198 e. The van der Waals surface area contributed by atoms with Gasteiger partial charge in [-0.3, -0.25) is 0 Å². The lowest BCUT2D eigenvalue weighted by molar-refractivity contribution is 0.505. The van der Waals surface area contributed by atoms with E-state index in [0.717, 1.165) is 9.87 Å². The van der Waals surface area contributed by atoms with Crippen LogP contribution in [-0.2, 0) is 16.8 Å². The third kappa shape index (κ3) is 3.31. The molecule has 0 amide bonds. The Morgan fingerprint density at radius 3 is 2.31 bits per heavy atom. The van der Waals surface area contributed by atoms with Gasteiger partial charge >= 0.3 is 0 Å². The molecule has 5 nitrogen and oxygen atoms in total. The lowest BCUT2D eigenvalue weighted by Gasteiger charge is -2.12. The molecule has 86 valence electrons. The van der Waals surface area contributed by atoms with Crippen molar-refractivity contribution in [3.8, 4) is 6.07 Å². The Morgan fingerprint density at radius 2 is 1.88 bits per heavy atom. The van der Waals surface area contributed by atoms with E-state index in [4.69, 9.17) is 5.26 Å². The molecule has 0 aliphatic carbocycles. The summed E-state index contributed by atoms with van der Waals surface area (Å²) in [6.07, 6.45) is 0. The van der Waals surface area contributed by atoms with Crippen LogP contribution in [0.4, 0.5) is 0 Å². The van der Waals surface area contributed by atoms with E-state index < -0.39 is 10.2 Å². The van der Waals surface area contributed by atoms with E-state index in [2.05, 4.69) is 4.72 Å². The van der Waals surface area contributed by atoms with Crippen LogP contribution in [0.1, 0.15) is 11.1 Å². The molecule has 1 rings (SSSR count). The first-order valence-electron chi connectivity index (χ1n) is 4.62. The zero-order chi connectivity index (χ0) is 12.2. The monoisotopic (exact) mass is 239 g/mol. The molecule has 0 aliphatic rings. The molecule has 1 aromatic carbocycles. The van der Waals surface area contributed by atoms with Crippen molar-refractivity contribution in [1.82, 2.24) is 9.03 Å². The molecule has 1 N–H and O–H groups in total. The number of hydrogen-bond donors (Lipinski definition) is 1. The summed E-state index contributed by atoms with van der Waals surface area (Å²) in [6, 6.07) is 8.74. The van der Waals surface area contributed by atoms with E-state index in [1.54, 1.807) is 24.3 Å². The molecule has 0 aromatic heterocycles. The van der Waals surface area contributed by atoms with Crippen molar-refractivity contribution in [3.05, 3.63) is 35.4 Å². The van der Waals surface area contributed by atoms with Gasteiger partial charge in [0, 0.05) is 20.6 Å². The van der Waals surface area contributed by atoms with Crippen molar-refractivity contribution >= 4 is 10.2 Å². The van der Waals surface area contributed by atoms with Gasteiger partial charge in [0.15, 0.2) is 0 Å². The van der Waals surface area contributed by atoms with Crippen molar-refractivity contribution in [2.24, 2.45) is 0 Å². The maximum atomic E-state index is 11.4. The first-order valence-corrected chi connectivity index (χ1v) is 6.06. The third-order valence-corrected chi connectivity index (χ3v) is 3.49. The Hall–Kier alpha value is -1.42. The van der Waals surface area contributed by atoms with E-state index >= 15 is 0 Å². The summed E-state index contributed by atoms with van der Waals surface area (Å²) in [6.45, 7) is 0.215. The highest BCUT2D eigenvalue weighted by atomic mass is 32.2. The summed E-state index contributed by atoms with van der Waals surface area (Å²) in [7, 11) is -0.475. The maximum absolute atomic E-state index is 11.4. The number of rotatable bonds is 4. The highest BCUT2D eigenvalue weighted by Gasteiger charge is 2.11. The zero-order valence-corrected chi connectivity index (χ0v) is 9.95. The summed E-state index contributed by atoms with van der Waals surface area (Å²) in [5, 5.41) is 8.59. The highest BCUT2D eigenvalue weighted by Crippen LogP contribution is 2.03. The van der Waals surface area contributed by atoms with Crippen LogP contribution in [-0.4, -0.2) is 26.8 Å². The van der Waals surface area contributed by atoms with Gasteiger partial charge in [-0.1, -0.05) is 12.1 Å². The second kappa shape index (κ2) is 5.07. The summed E-state index contributed by atoms with van der Waals surface area (Å²) < 4.78 is 26.3. The Labute approximate surface area is 95.5 Å². The molecule has 0 aliphatic heterocycles. The minimum absolute atomic E-state index is 0.215. The molecular weight excluding hydrogens is 226 g/mol.